The highest BCUT2D eigenvalue weighted by Crippen LogP contribution is 2.18. The summed E-state index contributed by atoms with van der Waals surface area (Å²) in [6.07, 6.45) is 92.1. The number of carbonyl (C=O) groups excluding carboxylic acids is 3. The highest BCUT2D eigenvalue weighted by Gasteiger charge is 2.19. The van der Waals surface area contributed by atoms with Crippen LogP contribution >= 0.6 is 0 Å². The molecule has 0 N–H and O–H groups in total. The molecule has 0 aliphatic heterocycles. The zero-order valence-corrected chi connectivity index (χ0v) is 54.8. The SMILES string of the molecule is CC/C=C\C/C=C\C/C=C\C/C=C\CCCCCCCCCCCCC(=O)OCC(COC(=O)CCCCCCCCC/C=C\C/C=C\CCCCCC)OC(=O)CCCCCCCCCCCCCCCCCCCCCCCCC. The molecule has 476 valence electrons. The van der Waals surface area contributed by atoms with Gasteiger partial charge in [0.15, 0.2) is 6.10 Å². The van der Waals surface area contributed by atoms with Crippen LogP contribution < -0.4 is 0 Å². The van der Waals surface area contributed by atoms with Crippen LogP contribution in [-0.4, -0.2) is 37.2 Å². The van der Waals surface area contributed by atoms with Crippen LogP contribution in [0, 0.1) is 0 Å². The quantitative estimate of drug-likeness (QED) is 0.0261. The van der Waals surface area contributed by atoms with E-state index < -0.39 is 6.10 Å². The van der Waals surface area contributed by atoms with Crippen molar-refractivity contribution in [3.63, 3.8) is 0 Å². The van der Waals surface area contributed by atoms with Gasteiger partial charge in [-0.1, -0.05) is 338 Å². The van der Waals surface area contributed by atoms with E-state index in [4.69, 9.17) is 14.2 Å². The number of hydrogen-bond donors (Lipinski definition) is 0. The molecule has 0 saturated carbocycles. The van der Waals surface area contributed by atoms with E-state index in [0.29, 0.717) is 19.3 Å². The minimum atomic E-state index is -0.781. The summed E-state index contributed by atoms with van der Waals surface area (Å²) in [6.45, 7) is 6.57. The molecule has 0 aliphatic carbocycles. The summed E-state index contributed by atoms with van der Waals surface area (Å²) in [4.78, 5) is 38.5. The lowest BCUT2D eigenvalue weighted by molar-refractivity contribution is -0.167. The molecular formula is C76H136O6. The maximum absolute atomic E-state index is 13.0. The largest absolute Gasteiger partial charge is 0.462 e. The predicted molar refractivity (Wildman–Crippen MR) is 358 cm³/mol. The second-order valence-electron chi connectivity index (χ2n) is 24.1. The number of hydrogen-bond acceptors (Lipinski definition) is 6. The average Bonchev–Trinajstić information content (AvgIpc) is 3.47. The molecule has 1 atom stereocenters. The first kappa shape index (κ1) is 78.8. The van der Waals surface area contributed by atoms with E-state index in [9.17, 15) is 14.4 Å². The van der Waals surface area contributed by atoms with E-state index in [1.807, 2.05) is 0 Å². The van der Waals surface area contributed by atoms with Crippen LogP contribution in [0.2, 0.25) is 0 Å². The molecular weight excluding hydrogens is 1010 g/mol. The fraction of sp³-hybridized carbons (Fsp3) is 0.803. The predicted octanol–water partition coefficient (Wildman–Crippen LogP) is 24.8. The van der Waals surface area contributed by atoms with Crippen molar-refractivity contribution < 1.29 is 28.6 Å². The third kappa shape index (κ3) is 67.6. The van der Waals surface area contributed by atoms with Gasteiger partial charge in [0.25, 0.3) is 0 Å². The molecule has 0 radical (unpaired) electrons. The Balaban J connectivity index is 4.34. The third-order valence-electron chi connectivity index (χ3n) is 15.9. The van der Waals surface area contributed by atoms with Crippen molar-refractivity contribution in [3.8, 4) is 0 Å². The summed E-state index contributed by atoms with van der Waals surface area (Å²) in [5.74, 6) is -0.864. The topological polar surface area (TPSA) is 78.9 Å². The van der Waals surface area contributed by atoms with Crippen molar-refractivity contribution in [2.24, 2.45) is 0 Å². The van der Waals surface area contributed by atoms with Gasteiger partial charge in [0.2, 0.25) is 0 Å². The van der Waals surface area contributed by atoms with Crippen LogP contribution in [0.4, 0.5) is 0 Å². The third-order valence-corrected chi connectivity index (χ3v) is 15.9. The summed E-state index contributed by atoms with van der Waals surface area (Å²) in [6, 6.07) is 0. The molecule has 0 rings (SSSR count). The molecule has 6 heteroatoms. The average molecular weight is 1150 g/mol. The molecule has 6 nitrogen and oxygen atoms in total. The maximum Gasteiger partial charge on any atom is 0.306 e. The van der Waals surface area contributed by atoms with Gasteiger partial charge in [0.05, 0.1) is 0 Å². The number of rotatable bonds is 66. The Kier molecular flexibility index (Phi) is 67.6. The summed E-state index contributed by atoms with van der Waals surface area (Å²) >= 11 is 0. The zero-order chi connectivity index (χ0) is 59.2. The first-order valence-corrected chi connectivity index (χ1v) is 35.9. The fourth-order valence-electron chi connectivity index (χ4n) is 10.6. The van der Waals surface area contributed by atoms with E-state index in [0.717, 1.165) is 96.3 Å². The molecule has 1 unspecified atom stereocenters. The van der Waals surface area contributed by atoms with E-state index in [2.05, 4.69) is 93.7 Å². The molecule has 0 spiro atoms. The zero-order valence-electron chi connectivity index (χ0n) is 54.8. The first-order chi connectivity index (χ1) is 40.5. The molecule has 0 amide bonds. The van der Waals surface area contributed by atoms with Gasteiger partial charge in [0, 0.05) is 19.3 Å². The van der Waals surface area contributed by atoms with Crippen molar-refractivity contribution in [1.82, 2.24) is 0 Å². The van der Waals surface area contributed by atoms with E-state index in [1.54, 1.807) is 0 Å². The molecule has 0 heterocycles. The van der Waals surface area contributed by atoms with Crippen LogP contribution in [0.15, 0.2) is 72.9 Å². The van der Waals surface area contributed by atoms with Gasteiger partial charge in [-0.3, -0.25) is 14.4 Å². The summed E-state index contributed by atoms with van der Waals surface area (Å²) in [5, 5.41) is 0. The molecule has 0 aromatic heterocycles. The van der Waals surface area contributed by atoms with E-state index in [1.165, 1.54) is 238 Å². The normalized spacial score (nSPS) is 12.5. The highest BCUT2D eigenvalue weighted by molar-refractivity contribution is 5.71. The Bertz CT molecular complexity index is 1500. The Morgan fingerprint density at radius 3 is 0.756 bits per heavy atom. The van der Waals surface area contributed by atoms with Gasteiger partial charge in [-0.25, -0.2) is 0 Å². The standard InChI is InChI=1S/C76H136O6/c1-4-7-10-13-16-19-22-25-28-31-34-36-38-40-42-45-48-51-54-57-60-63-66-69-75(78)81-72-73(71-80-74(77)68-65-62-59-56-53-50-47-44-33-30-27-24-21-18-15-12-9-6-3)82-76(79)70-67-64-61-58-55-52-49-46-43-41-39-37-35-32-29-26-23-20-17-14-11-8-5-2/h7,10,16,19,21,24-25,28,30,33-34,36,73H,4-6,8-9,11-15,17-18,20,22-23,26-27,29,31-32,35,37-72H2,1-3H3/b10-7-,19-16-,24-21-,28-25-,33-30-,36-34-. The molecule has 82 heavy (non-hydrogen) atoms. The van der Waals surface area contributed by atoms with Gasteiger partial charge >= 0.3 is 17.9 Å². The number of unbranched alkanes of at least 4 members (excludes halogenated alkanes) is 43. The number of carbonyl (C=O) groups is 3. The number of ether oxygens (including phenoxy) is 3. The first-order valence-electron chi connectivity index (χ1n) is 35.9. The molecule has 0 fully saturated rings. The molecule has 0 bridgehead atoms. The van der Waals surface area contributed by atoms with Crippen LogP contribution in [0.5, 0.6) is 0 Å². The smallest absolute Gasteiger partial charge is 0.306 e. The van der Waals surface area contributed by atoms with Crippen LogP contribution in [0.3, 0.4) is 0 Å². The Labute approximate surface area is 510 Å². The Morgan fingerprint density at radius 1 is 0.256 bits per heavy atom. The van der Waals surface area contributed by atoms with Gasteiger partial charge < -0.3 is 14.2 Å². The van der Waals surface area contributed by atoms with Crippen molar-refractivity contribution in [2.75, 3.05) is 13.2 Å². The molecule has 0 aromatic carbocycles. The highest BCUT2D eigenvalue weighted by atomic mass is 16.6. The Hall–Kier alpha value is -3.15. The fourth-order valence-corrected chi connectivity index (χ4v) is 10.6. The van der Waals surface area contributed by atoms with Gasteiger partial charge in [-0.05, 0) is 89.9 Å². The summed E-state index contributed by atoms with van der Waals surface area (Å²) in [7, 11) is 0. The summed E-state index contributed by atoms with van der Waals surface area (Å²) in [5.41, 5.74) is 0. The minimum absolute atomic E-state index is 0.0767. The second-order valence-corrected chi connectivity index (χ2v) is 24.1. The van der Waals surface area contributed by atoms with Crippen LogP contribution in [0.25, 0.3) is 0 Å². The van der Waals surface area contributed by atoms with Gasteiger partial charge in [-0.15, -0.1) is 0 Å². The lowest BCUT2D eigenvalue weighted by Gasteiger charge is -2.18. The van der Waals surface area contributed by atoms with Crippen molar-refractivity contribution in [1.29, 1.82) is 0 Å². The number of esters is 3. The Morgan fingerprint density at radius 2 is 0.476 bits per heavy atom. The van der Waals surface area contributed by atoms with E-state index >= 15 is 0 Å². The minimum Gasteiger partial charge on any atom is -0.462 e. The van der Waals surface area contributed by atoms with Crippen molar-refractivity contribution in [2.45, 2.75) is 380 Å². The molecule has 0 aromatic rings. The van der Waals surface area contributed by atoms with Crippen LogP contribution in [0.1, 0.15) is 374 Å². The van der Waals surface area contributed by atoms with Gasteiger partial charge in [0.1, 0.15) is 13.2 Å². The van der Waals surface area contributed by atoms with Crippen LogP contribution in [-0.2, 0) is 28.6 Å². The molecule has 0 saturated heterocycles. The van der Waals surface area contributed by atoms with Gasteiger partial charge in [-0.2, -0.15) is 0 Å². The maximum atomic E-state index is 13.0. The lowest BCUT2D eigenvalue weighted by atomic mass is 10.0. The lowest BCUT2D eigenvalue weighted by Crippen LogP contribution is -2.30. The second kappa shape index (κ2) is 70.3. The van der Waals surface area contributed by atoms with Crippen molar-refractivity contribution in [3.05, 3.63) is 72.9 Å². The number of allylic oxidation sites excluding steroid dienone is 12. The summed E-state index contributed by atoms with van der Waals surface area (Å²) < 4.78 is 17.0. The van der Waals surface area contributed by atoms with E-state index in [-0.39, 0.29) is 31.1 Å². The monoisotopic (exact) mass is 1150 g/mol. The molecule has 0 aliphatic rings. The van der Waals surface area contributed by atoms with Crippen molar-refractivity contribution >= 4 is 17.9 Å².